The normalized spacial score (nSPS) is 17.9. The van der Waals surface area contributed by atoms with Crippen LogP contribution in [-0.2, 0) is 0 Å². The summed E-state index contributed by atoms with van der Waals surface area (Å²) in [6, 6.07) is 4.30. The Bertz CT molecular complexity index is 499. The van der Waals surface area contributed by atoms with Crippen LogP contribution in [0.4, 0.5) is 0 Å². The first-order chi connectivity index (χ1) is 8.98. The third kappa shape index (κ3) is 2.26. The summed E-state index contributed by atoms with van der Waals surface area (Å²) in [5.74, 6) is -0.816. The molecule has 0 radical (unpaired) electrons. The molecule has 0 saturated heterocycles. The Kier molecular flexibility index (Phi) is 1.65. The number of hydrogen-bond donors (Lipinski definition) is 0. The molecule has 0 heterocycles. The molecule has 1 aromatic rings. The minimum absolute atomic E-state index is 0.0977. The minimum atomic E-state index is -3.08. The first kappa shape index (κ1) is 5.16. The van der Waals surface area contributed by atoms with Gasteiger partial charge >= 0.3 is 0 Å². The van der Waals surface area contributed by atoms with Crippen molar-refractivity contribution in [2.45, 2.75) is 0 Å². The average Bonchev–Trinajstić information content (AvgIpc) is 2.25. The van der Waals surface area contributed by atoms with Crippen molar-refractivity contribution in [3.63, 3.8) is 0 Å². The van der Waals surface area contributed by atoms with Crippen LogP contribution in [0.2, 0.25) is 0 Å². The molecule has 14 heavy (non-hydrogen) atoms. The van der Waals surface area contributed by atoms with Gasteiger partial charge < -0.3 is 9.64 Å². The van der Waals surface area contributed by atoms with Crippen LogP contribution in [0.15, 0.2) is 22.7 Å². The van der Waals surface area contributed by atoms with Gasteiger partial charge in [0, 0.05) is 26.6 Å². The van der Waals surface area contributed by atoms with Gasteiger partial charge in [-0.05, 0) is 34.1 Å². The Morgan fingerprint density at radius 3 is 2.86 bits per heavy atom. The number of nitrogens with zero attached hydrogens (tertiary/aromatic N) is 1. The molecule has 0 N–H and O–H groups in total. The van der Waals surface area contributed by atoms with Gasteiger partial charge in [0.2, 0.25) is 0 Å². The number of hydrogen-bond acceptors (Lipinski definition) is 2. The van der Waals surface area contributed by atoms with E-state index in [0.29, 0.717) is 5.75 Å². The Hall–Kier alpha value is -1.03. The van der Waals surface area contributed by atoms with E-state index in [1.165, 1.54) is 19.2 Å². The van der Waals surface area contributed by atoms with Crippen LogP contribution in [0, 0.1) is 0 Å². The van der Waals surface area contributed by atoms with E-state index in [0.717, 1.165) is 0 Å². The summed E-state index contributed by atoms with van der Waals surface area (Å²) < 4.78 is 48.6. The molecule has 0 bridgehead atoms. The zero-order chi connectivity index (χ0) is 15.7. The van der Waals surface area contributed by atoms with Gasteiger partial charge in [0.05, 0.1) is 12.7 Å². The summed E-state index contributed by atoms with van der Waals surface area (Å²) in [5, 5.41) is 0. The van der Waals surface area contributed by atoms with Gasteiger partial charge in [-0.25, -0.2) is 0 Å². The number of ether oxygens (including phenoxy) is 1. The fourth-order valence-corrected chi connectivity index (χ4v) is 1.33. The van der Waals surface area contributed by atoms with Gasteiger partial charge in [0.1, 0.15) is 5.75 Å². The summed E-state index contributed by atoms with van der Waals surface area (Å²) in [5.41, 5.74) is -0.100. The summed E-state index contributed by atoms with van der Waals surface area (Å²) in [6.45, 7) is -6.16. The predicted octanol–water partition coefficient (Wildman–Crippen LogP) is 2.16. The molecule has 76 valence electrons. The first-order valence-corrected chi connectivity index (χ1v) is 4.46. The first-order valence-electron chi connectivity index (χ1n) is 6.66. The average molecular weight is 264 g/mol. The van der Waals surface area contributed by atoms with Crippen LogP contribution in [0.5, 0.6) is 5.75 Å². The third-order valence-corrected chi connectivity index (χ3v) is 2.30. The van der Waals surface area contributed by atoms with Gasteiger partial charge in [0.25, 0.3) is 5.91 Å². The van der Waals surface area contributed by atoms with Crippen molar-refractivity contribution in [3.05, 3.63) is 28.2 Å². The second-order valence-electron chi connectivity index (χ2n) is 2.49. The van der Waals surface area contributed by atoms with Gasteiger partial charge in [-0.1, -0.05) is 0 Å². The third-order valence-electron chi connectivity index (χ3n) is 1.61. The molecule has 4 heteroatoms. The van der Waals surface area contributed by atoms with Gasteiger partial charge in [-0.15, -0.1) is 0 Å². The van der Waals surface area contributed by atoms with E-state index in [-0.39, 0.29) is 14.9 Å². The van der Waals surface area contributed by atoms with Crippen LogP contribution in [-0.4, -0.2) is 31.9 Å². The number of carbonyl (C=O) groups excluding carboxylic acids is 1. The molecule has 0 aliphatic heterocycles. The zero-order valence-corrected chi connectivity index (χ0v) is 8.96. The topological polar surface area (TPSA) is 29.5 Å². The summed E-state index contributed by atoms with van der Waals surface area (Å²) >= 11 is 3.09. The molecule has 1 rings (SSSR count). The summed E-state index contributed by atoms with van der Waals surface area (Å²) in [7, 11) is 1.38. The zero-order valence-electron chi connectivity index (χ0n) is 13.4. The van der Waals surface area contributed by atoms with E-state index < -0.39 is 19.9 Å². The molecular formula is C10H12BrNO2. The molecule has 1 aromatic carbocycles. The van der Waals surface area contributed by atoms with E-state index in [2.05, 4.69) is 15.9 Å². The standard InChI is InChI=1S/C10H12BrNO2/c1-12(2)10(13)8-6-7(14-3)4-5-9(8)11/h4-6H,1-3H3/i1D3,2D3. The molecule has 0 aliphatic carbocycles. The predicted molar refractivity (Wildman–Crippen MR) is 58.7 cm³/mol. The fourth-order valence-electron chi connectivity index (χ4n) is 0.916. The van der Waals surface area contributed by atoms with Crippen molar-refractivity contribution in [2.24, 2.45) is 0 Å². The van der Waals surface area contributed by atoms with Crippen LogP contribution in [0.1, 0.15) is 18.6 Å². The van der Waals surface area contributed by atoms with Crippen molar-refractivity contribution >= 4 is 21.8 Å². The Morgan fingerprint density at radius 2 is 2.29 bits per heavy atom. The van der Waals surface area contributed by atoms with Gasteiger partial charge in [-0.3, -0.25) is 4.79 Å². The maximum absolute atomic E-state index is 12.2. The molecule has 1 amide bonds. The van der Waals surface area contributed by atoms with Crippen molar-refractivity contribution in [3.8, 4) is 5.75 Å². The van der Waals surface area contributed by atoms with Crippen molar-refractivity contribution in [1.29, 1.82) is 0 Å². The van der Waals surface area contributed by atoms with Crippen LogP contribution >= 0.6 is 15.9 Å². The SMILES string of the molecule is [2H]C([2H])([2H])N(C(=O)c1cc(OC)ccc1Br)C([2H])([2H])[2H]. The number of benzene rings is 1. The fraction of sp³-hybridized carbons (Fsp3) is 0.300. The highest BCUT2D eigenvalue weighted by Crippen LogP contribution is 2.23. The van der Waals surface area contributed by atoms with E-state index in [1.807, 2.05) is 0 Å². The Labute approximate surface area is 100 Å². The summed E-state index contributed by atoms with van der Waals surface area (Å²) in [4.78, 5) is 12.1. The summed E-state index contributed by atoms with van der Waals surface area (Å²) in [6.07, 6.45) is 0. The molecule has 0 aliphatic rings. The molecule has 0 fully saturated rings. The Balaban J connectivity index is 3.34. The smallest absolute Gasteiger partial charge is 0.254 e. The molecule has 0 saturated carbocycles. The van der Waals surface area contributed by atoms with Crippen molar-refractivity contribution in [1.82, 2.24) is 4.90 Å². The maximum atomic E-state index is 12.2. The lowest BCUT2D eigenvalue weighted by Crippen LogP contribution is -2.22. The molecule has 0 unspecified atom stereocenters. The number of methoxy groups -OCH3 is 1. The van der Waals surface area contributed by atoms with E-state index in [4.69, 9.17) is 13.0 Å². The Morgan fingerprint density at radius 1 is 1.57 bits per heavy atom. The molecule has 0 atom stereocenters. The number of carbonyl (C=O) groups is 1. The highest BCUT2D eigenvalue weighted by Gasteiger charge is 2.12. The number of amides is 1. The molecule has 0 spiro atoms. The van der Waals surface area contributed by atoms with Gasteiger partial charge in [0.15, 0.2) is 0 Å². The van der Waals surface area contributed by atoms with Crippen LogP contribution in [0.3, 0.4) is 0 Å². The van der Waals surface area contributed by atoms with Gasteiger partial charge in [-0.2, -0.15) is 0 Å². The lowest BCUT2D eigenvalue weighted by molar-refractivity contribution is 0.0826. The largest absolute Gasteiger partial charge is 0.497 e. The van der Waals surface area contributed by atoms with Crippen LogP contribution in [0.25, 0.3) is 0 Å². The minimum Gasteiger partial charge on any atom is -0.497 e. The molecule has 0 aromatic heterocycles. The molecular weight excluding hydrogens is 246 g/mol. The second kappa shape index (κ2) is 4.46. The maximum Gasteiger partial charge on any atom is 0.254 e. The van der Waals surface area contributed by atoms with Crippen LogP contribution < -0.4 is 4.74 Å². The van der Waals surface area contributed by atoms with Crippen molar-refractivity contribution in [2.75, 3.05) is 21.1 Å². The van der Waals surface area contributed by atoms with E-state index >= 15 is 0 Å². The molecule has 3 nitrogen and oxygen atoms in total. The number of halogens is 1. The lowest BCUT2D eigenvalue weighted by atomic mass is 10.2. The van der Waals surface area contributed by atoms with E-state index in [1.54, 1.807) is 6.07 Å². The lowest BCUT2D eigenvalue weighted by Gasteiger charge is -2.12. The second-order valence-corrected chi connectivity index (χ2v) is 3.34. The number of rotatable bonds is 2. The quantitative estimate of drug-likeness (QED) is 0.819. The van der Waals surface area contributed by atoms with E-state index in [9.17, 15) is 4.79 Å². The monoisotopic (exact) mass is 263 g/mol. The van der Waals surface area contributed by atoms with Crippen molar-refractivity contribution < 1.29 is 17.8 Å². The highest BCUT2D eigenvalue weighted by atomic mass is 79.9. The highest BCUT2D eigenvalue weighted by molar-refractivity contribution is 9.10.